The molecule has 6 rings (SSSR count). The number of amides is 6. The molecular weight excluding hydrogens is 692 g/mol. The highest BCUT2D eigenvalue weighted by Crippen LogP contribution is 2.26. The maximum absolute atomic E-state index is 14.1. The lowest BCUT2D eigenvalue weighted by Crippen LogP contribution is -2.48. The maximum atomic E-state index is 14.1. The summed E-state index contributed by atoms with van der Waals surface area (Å²) in [6.45, 7) is 5.18. The number of carboxylic acid groups (broad SMARTS) is 1. The number of benzene rings is 1. The van der Waals surface area contributed by atoms with Crippen LogP contribution < -0.4 is 26.6 Å². The van der Waals surface area contributed by atoms with Gasteiger partial charge in [-0.05, 0) is 37.7 Å². The lowest BCUT2D eigenvalue weighted by Gasteiger charge is -2.25. The van der Waals surface area contributed by atoms with Crippen LogP contribution in [0.5, 0.6) is 0 Å². The molecule has 4 bridgehead atoms. The fourth-order valence-corrected chi connectivity index (χ4v) is 6.44. The molecule has 0 saturated carbocycles. The number of hydrogen-bond acceptors (Lipinski definition) is 11. The lowest BCUT2D eigenvalue weighted by molar-refractivity contribution is -0.126. The van der Waals surface area contributed by atoms with Gasteiger partial charge in [0.1, 0.15) is 42.7 Å². The summed E-state index contributed by atoms with van der Waals surface area (Å²) >= 11 is 0. The number of rotatable bonds is 6. The van der Waals surface area contributed by atoms with E-state index < -0.39 is 65.8 Å². The third kappa shape index (κ3) is 9.43. The summed E-state index contributed by atoms with van der Waals surface area (Å²) in [5.41, 5.74) is 0.658. The number of nitrogens with zero attached hydrogens (tertiary/aromatic N) is 3. The van der Waals surface area contributed by atoms with Crippen molar-refractivity contribution in [3.05, 3.63) is 71.6 Å². The van der Waals surface area contributed by atoms with E-state index in [2.05, 4.69) is 36.6 Å². The first-order valence-electron chi connectivity index (χ1n) is 17.2. The summed E-state index contributed by atoms with van der Waals surface area (Å²) in [6.07, 6.45) is 3.52. The van der Waals surface area contributed by atoms with E-state index >= 15 is 0 Å². The number of carbonyl (C=O) groups excluding carboxylic acids is 6. The largest absolute Gasteiger partial charge is 0.483 e. The zero-order chi connectivity index (χ0) is 38.2. The molecule has 3 aromatic rings. The normalized spacial score (nSPS) is 24.8. The van der Waals surface area contributed by atoms with Gasteiger partial charge in [0, 0.05) is 25.4 Å². The zero-order valence-electron chi connectivity index (χ0n) is 29.4. The number of hydrogen-bond donors (Lipinski definition) is 6. The van der Waals surface area contributed by atoms with Crippen molar-refractivity contribution in [2.24, 2.45) is 5.92 Å². The van der Waals surface area contributed by atoms with Crippen LogP contribution in [0.15, 0.2) is 51.7 Å². The van der Waals surface area contributed by atoms with Crippen molar-refractivity contribution < 1.29 is 47.5 Å². The molecule has 2 aromatic heterocycles. The Morgan fingerprint density at radius 2 is 1.64 bits per heavy atom. The van der Waals surface area contributed by atoms with Crippen LogP contribution in [-0.2, 0) is 30.4 Å². The molecule has 0 radical (unpaired) electrons. The first-order chi connectivity index (χ1) is 25.4. The van der Waals surface area contributed by atoms with Crippen molar-refractivity contribution in [1.29, 1.82) is 0 Å². The van der Waals surface area contributed by atoms with E-state index in [1.807, 2.05) is 44.2 Å². The minimum absolute atomic E-state index is 0.0264. The van der Waals surface area contributed by atoms with Crippen LogP contribution in [-0.4, -0.2) is 92.6 Å². The Morgan fingerprint density at radius 3 is 2.32 bits per heavy atom. The minimum atomic E-state index is -1.06. The van der Waals surface area contributed by atoms with Gasteiger partial charge in [-0.2, -0.15) is 0 Å². The van der Waals surface area contributed by atoms with Gasteiger partial charge in [-0.1, -0.05) is 44.2 Å². The average molecular weight is 735 g/mol. The predicted molar refractivity (Wildman–Crippen MR) is 183 cm³/mol. The molecule has 6 amide bonds. The molecule has 2 saturated heterocycles. The molecule has 0 unspecified atom stereocenters. The molecule has 53 heavy (non-hydrogen) atoms. The van der Waals surface area contributed by atoms with Crippen molar-refractivity contribution in [3.8, 4) is 0 Å². The molecule has 6 N–H and O–H groups in total. The maximum Gasteiger partial charge on any atom is 0.290 e. The Morgan fingerprint density at radius 1 is 0.962 bits per heavy atom. The molecule has 5 heterocycles. The lowest BCUT2D eigenvalue weighted by atomic mass is 10.0. The first-order valence-corrected chi connectivity index (χ1v) is 17.2. The summed E-state index contributed by atoms with van der Waals surface area (Å²) < 4.78 is 11.4. The van der Waals surface area contributed by atoms with Gasteiger partial charge in [0.05, 0.1) is 0 Å². The number of fused-ring (bicyclic) bond motifs is 5. The average Bonchev–Trinajstić information content (AvgIpc) is 3.95. The molecule has 1 aromatic carbocycles. The summed E-state index contributed by atoms with van der Waals surface area (Å²) in [5.74, 6) is -2.78. The molecule has 18 heteroatoms. The molecule has 6 atom stereocenters. The number of oxazole rings is 2. The van der Waals surface area contributed by atoms with Crippen molar-refractivity contribution in [2.45, 2.75) is 89.1 Å². The quantitative estimate of drug-likeness (QED) is 0.192. The Bertz CT molecular complexity index is 1820. The van der Waals surface area contributed by atoms with Gasteiger partial charge >= 0.3 is 0 Å². The second-order valence-corrected chi connectivity index (χ2v) is 13.5. The molecular formula is C35H42N8O10. The third-order valence-corrected chi connectivity index (χ3v) is 8.97. The molecule has 282 valence electrons. The summed E-state index contributed by atoms with van der Waals surface area (Å²) in [7, 11) is 0. The van der Waals surface area contributed by atoms with E-state index in [1.54, 1.807) is 6.92 Å². The van der Waals surface area contributed by atoms with Crippen LogP contribution in [0.25, 0.3) is 0 Å². The molecule has 0 aliphatic carbocycles. The topological polar surface area (TPSA) is 255 Å². The summed E-state index contributed by atoms with van der Waals surface area (Å²) in [5, 5.41) is 20.9. The minimum Gasteiger partial charge on any atom is -0.483 e. The van der Waals surface area contributed by atoms with Gasteiger partial charge < -0.3 is 45.4 Å². The van der Waals surface area contributed by atoms with Gasteiger partial charge in [0.2, 0.25) is 35.4 Å². The van der Waals surface area contributed by atoms with Crippen LogP contribution in [0.1, 0.15) is 96.9 Å². The second kappa shape index (κ2) is 17.0. The van der Waals surface area contributed by atoms with Gasteiger partial charge in [-0.15, -0.1) is 0 Å². The fourth-order valence-electron chi connectivity index (χ4n) is 6.44. The van der Waals surface area contributed by atoms with Crippen molar-refractivity contribution in [3.63, 3.8) is 0 Å². The standard InChI is InChI=1S/C34H40N8O8.CH2O2/c1-17(2)11-22-29(45)35-18(3)32-41-25(16-49-32)34(48)42-14-20(36-28(44)21-9-10-27(43)37-21)13-26(42)31(47)39-23(12-19-7-5-4-6-8-19)33-40-24(15-50-33)30(46)38-22;2-1-3/h4-8,15-18,20-23,26H,9-14H2,1-3H3,(H,35,45)(H,36,44)(H,37,43)(H,38,46)(H,39,47);1H,(H,2,3)/t18-,20+,21-,22-,23+,26+;/m1./s1. The number of aromatic nitrogens is 2. The van der Waals surface area contributed by atoms with Gasteiger partial charge in [0.25, 0.3) is 18.3 Å². The highest BCUT2D eigenvalue weighted by atomic mass is 16.4. The number of nitrogens with one attached hydrogen (secondary N) is 5. The highest BCUT2D eigenvalue weighted by molar-refractivity contribution is 5.98. The first kappa shape index (κ1) is 38.2. The van der Waals surface area contributed by atoms with E-state index in [1.165, 1.54) is 11.2 Å². The van der Waals surface area contributed by atoms with Crippen molar-refractivity contribution in [1.82, 2.24) is 41.5 Å². The Hall–Kier alpha value is -6.07. The third-order valence-electron chi connectivity index (χ3n) is 8.97. The van der Waals surface area contributed by atoms with Gasteiger partial charge in [-0.25, -0.2) is 9.97 Å². The van der Waals surface area contributed by atoms with Crippen LogP contribution in [0.4, 0.5) is 0 Å². The zero-order valence-corrected chi connectivity index (χ0v) is 29.4. The summed E-state index contributed by atoms with van der Waals surface area (Å²) in [6, 6.07) is 4.31. The van der Waals surface area contributed by atoms with Crippen LogP contribution in [0.3, 0.4) is 0 Å². The van der Waals surface area contributed by atoms with E-state index in [0.717, 1.165) is 11.8 Å². The Labute approximate surface area is 303 Å². The Kier molecular flexibility index (Phi) is 12.2. The molecule has 0 spiro atoms. The Balaban J connectivity index is 0.00000175. The monoisotopic (exact) mass is 734 g/mol. The van der Waals surface area contributed by atoms with Gasteiger partial charge in [0.15, 0.2) is 11.4 Å². The van der Waals surface area contributed by atoms with Crippen LogP contribution in [0, 0.1) is 5.92 Å². The van der Waals surface area contributed by atoms with E-state index in [-0.39, 0.29) is 67.3 Å². The molecule has 3 aliphatic heterocycles. The van der Waals surface area contributed by atoms with E-state index in [4.69, 9.17) is 18.7 Å². The number of carbonyl (C=O) groups is 7. The van der Waals surface area contributed by atoms with Crippen molar-refractivity contribution in [2.75, 3.05) is 6.54 Å². The van der Waals surface area contributed by atoms with Crippen LogP contribution >= 0.6 is 0 Å². The smallest absolute Gasteiger partial charge is 0.290 e. The summed E-state index contributed by atoms with van der Waals surface area (Å²) in [4.78, 5) is 98.0. The SMILES string of the molecule is CC(C)C[C@H]1NC(=O)c2coc(n2)[C@H](Cc2ccccc2)NC(=O)[C@@H]2C[C@H](NC(=O)[C@H]3CCC(=O)N3)CN2C(=O)c2coc(n2)[C@@H](C)NC1=O.O=CO. The second-order valence-electron chi connectivity index (χ2n) is 13.5. The van der Waals surface area contributed by atoms with E-state index in [0.29, 0.717) is 12.8 Å². The highest BCUT2D eigenvalue weighted by Gasteiger charge is 2.43. The predicted octanol–water partition coefficient (Wildman–Crippen LogP) is 0.777. The molecule has 2 fully saturated rings. The molecule has 18 nitrogen and oxygen atoms in total. The van der Waals surface area contributed by atoms with Crippen LogP contribution in [0.2, 0.25) is 0 Å². The fraction of sp³-hybridized carbons (Fsp3) is 0.457. The molecule has 3 aliphatic rings. The van der Waals surface area contributed by atoms with Gasteiger partial charge in [-0.3, -0.25) is 33.6 Å². The van der Waals surface area contributed by atoms with E-state index in [9.17, 15) is 28.8 Å². The van der Waals surface area contributed by atoms with Crippen molar-refractivity contribution >= 4 is 41.9 Å².